The molecule has 82 valence electrons. The lowest BCUT2D eigenvalue weighted by Crippen LogP contribution is -2.32. The minimum absolute atomic E-state index is 0.0556. The van der Waals surface area contributed by atoms with Gasteiger partial charge in [0.05, 0.1) is 5.69 Å². The predicted octanol–water partition coefficient (Wildman–Crippen LogP) is -0.310. The van der Waals surface area contributed by atoms with E-state index in [2.05, 4.69) is 4.98 Å². The molecular formula is C10H10N4O2. The average Bonchev–Trinajstić information content (AvgIpc) is 2.28. The summed E-state index contributed by atoms with van der Waals surface area (Å²) in [6.45, 7) is 0. The van der Waals surface area contributed by atoms with Crippen molar-refractivity contribution in [1.29, 1.82) is 0 Å². The fraction of sp³-hybridized carbons (Fsp3) is 0. The Labute approximate surface area is 90.1 Å². The SMILES string of the molecule is Nc1c(N)n(-c2ccccc2)c(=O)[nH]c1=O. The molecule has 0 saturated carbocycles. The zero-order valence-corrected chi connectivity index (χ0v) is 8.31. The topological polar surface area (TPSA) is 107 Å². The highest BCUT2D eigenvalue weighted by Gasteiger charge is 2.09. The van der Waals surface area contributed by atoms with Gasteiger partial charge < -0.3 is 11.5 Å². The predicted molar refractivity (Wildman–Crippen MR) is 61.5 cm³/mol. The highest BCUT2D eigenvalue weighted by Crippen LogP contribution is 2.11. The molecule has 2 aromatic rings. The van der Waals surface area contributed by atoms with E-state index in [-0.39, 0.29) is 11.5 Å². The quantitative estimate of drug-likeness (QED) is 0.610. The second-order valence-electron chi connectivity index (χ2n) is 3.23. The molecule has 0 atom stereocenters. The molecule has 0 aliphatic carbocycles. The molecule has 0 unspecified atom stereocenters. The molecule has 2 rings (SSSR count). The van der Waals surface area contributed by atoms with Crippen LogP contribution in [0.15, 0.2) is 39.9 Å². The first-order valence-electron chi connectivity index (χ1n) is 4.57. The van der Waals surface area contributed by atoms with E-state index >= 15 is 0 Å². The number of nitrogens with one attached hydrogen (secondary N) is 1. The molecule has 16 heavy (non-hydrogen) atoms. The molecule has 0 saturated heterocycles. The number of benzene rings is 1. The highest BCUT2D eigenvalue weighted by molar-refractivity contribution is 5.59. The third-order valence-corrected chi connectivity index (χ3v) is 2.20. The number of nitrogens with two attached hydrogens (primary N) is 2. The summed E-state index contributed by atoms with van der Waals surface area (Å²) in [7, 11) is 0. The summed E-state index contributed by atoms with van der Waals surface area (Å²) in [4.78, 5) is 24.8. The van der Waals surface area contributed by atoms with Gasteiger partial charge >= 0.3 is 5.69 Å². The molecule has 0 aliphatic rings. The monoisotopic (exact) mass is 218 g/mol. The number of hydrogen-bond donors (Lipinski definition) is 3. The van der Waals surface area contributed by atoms with E-state index in [1.807, 2.05) is 0 Å². The molecule has 6 nitrogen and oxygen atoms in total. The lowest BCUT2D eigenvalue weighted by Gasteiger charge is -2.09. The number of nitrogens with zero attached hydrogens (tertiary/aromatic N) is 1. The van der Waals surface area contributed by atoms with Crippen molar-refractivity contribution >= 4 is 11.5 Å². The summed E-state index contributed by atoms with van der Waals surface area (Å²) in [5.41, 5.74) is 10.2. The third-order valence-electron chi connectivity index (χ3n) is 2.20. The number of para-hydroxylation sites is 1. The lowest BCUT2D eigenvalue weighted by molar-refractivity contribution is 0.913. The molecular weight excluding hydrogens is 208 g/mol. The van der Waals surface area contributed by atoms with Crippen LogP contribution in [-0.4, -0.2) is 9.55 Å². The van der Waals surface area contributed by atoms with Crippen LogP contribution in [0.3, 0.4) is 0 Å². The molecule has 0 spiro atoms. The number of hydrogen-bond acceptors (Lipinski definition) is 4. The van der Waals surface area contributed by atoms with Crippen molar-refractivity contribution in [3.8, 4) is 5.69 Å². The molecule has 1 aromatic carbocycles. The van der Waals surface area contributed by atoms with Crippen LogP contribution < -0.4 is 22.7 Å². The van der Waals surface area contributed by atoms with Crippen molar-refractivity contribution in [2.45, 2.75) is 0 Å². The maximum absolute atomic E-state index is 11.6. The van der Waals surface area contributed by atoms with Crippen LogP contribution in [0.25, 0.3) is 5.69 Å². The number of H-pyrrole nitrogens is 1. The van der Waals surface area contributed by atoms with Crippen LogP contribution in [-0.2, 0) is 0 Å². The molecule has 0 aliphatic heterocycles. The molecule has 0 fully saturated rings. The van der Waals surface area contributed by atoms with E-state index in [1.54, 1.807) is 30.3 Å². The van der Waals surface area contributed by atoms with E-state index in [9.17, 15) is 9.59 Å². The van der Waals surface area contributed by atoms with E-state index in [0.717, 1.165) is 4.57 Å². The Morgan fingerprint density at radius 3 is 2.31 bits per heavy atom. The van der Waals surface area contributed by atoms with Gasteiger partial charge in [-0.3, -0.25) is 9.78 Å². The molecule has 6 heteroatoms. The maximum atomic E-state index is 11.6. The first-order chi connectivity index (χ1) is 7.61. The Hall–Kier alpha value is -2.50. The van der Waals surface area contributed by atoms with E-state index in [0.29, 0.717) is 5.69 Å². The second kappa shape index (κ2) is 3.58. The van der Waals surface area contributed by atoms with Crippen LogP contribution in [0.5, 0.6) is 0 Å². The largest absolute Gasteiger partial charge is 0.391 e. The van der Waals surface area contributed by atoms with E-state index in [4.69, 9.17) is 11.5 Å². The van der Waals surface area contributed by atoms with Gasteiger partial charge in [-0.1, -0.05) is 18.2 Å². The molecule has 0 bridgehead atoms. The van der Waals surface area contributed by atoms with Crippen LogP contribution in [0, 0.1) is 0 Å². The smallest absolute Gasteiger partial charge is 0.334 e. The van der Waals surface area contributed by atoms with Crippen LogP contribution in [0.1, 0.15) is 0 Å². The highest BCUT2D eigenvalue weighted by atomic mass is 16.2. The van der Waals surface area contributed by atoms with Crippen molar-refractivity contribution in [1.82, 2.24) is 9.55 Å². The van der Waals surface area contributed by atoms with Crippen molar-refractivity contribution < 1.29 is 0 Å². The Morgan fingerprint density at radius 1 is 1.06 bits per heavy atom. The summed E-state index contributed by atoms with van der Waals surface area (Å²) in [6.07, 6.45) is 0. The average molecular weight is 218 g/mol. The van der Waals surface area contributed by atoms with Crippen molar-refractivity contribution in [2.75, 3.05) is 11.5 Å². The van der Waals surface area contributed by atoms with Crippen LogP contribution in [0.4, 0.5) is 11.5 Å². The molecule has 1 heterocycles. The minimum Gasteiger partial charge on any atom is -0.391 e. The van der Waals surface area contributed by atoms with Crippen LogP contribution >= 0.6 is 0 Å². The number of rotatable bonds is 1. The fourth-order valence-electron chi connectivity index (χ4n) is 1.40. The van der Waals surface area contributed by atoms with Crippen LogP contribution in [0.2, 0.25) is 0 Å². The standard InChI is InChI=1S/C10H10N4O2/c11-7-8(12)14(10(16)13-9(7)15)6-4-2-1-3-5-6/h1-5H,11-12H2,(H,13,15,16). The molecule has 5 N–H and O–H groups in total. The van der Waals surface area contributed by atoms with Crippen molar-refractivity contribution in [2.24, 2.45) is 0 Å². The zero-order valence-electron chi connectivity index (χ0n) is 8.31. The zero-order chi connectivity index (χ0) is 11.7. The molecule has 0 amide bonds. The summed E-state index contributed by atoms with van der Waals surface area (Å²) in [6, 6.07) is 8.69. The Bertz CT molecular complexity index is 628. The summed E-state index contributed by atoms with van der Waals surface area (Å²) in [5, 5.41) is 0. The lowest BCUT2D eigenvalue weighted by atomic mass is 10.3. The van der Waals surface area contributed by atoms with Gasteiger partial charge in [0, 0.05) is 0 Å². The van der Waals surface area contributed by atoms with Gasteiger partial charge in [0.1, 0.15) is 11.5 Å². The van der Waals surface area contributed by atoms with Gasteiger partial charge in [-0.05, 0) is 12.1 Å². The maximum Gasteiger partial charge on any atom is 0.334 e. The first kappa shape index (κ1) is 10.0. The minimum atomic E-state index is -0.672. The van der Waals surface area contributed by atoms with Gasteiger partial charge in [0.25, 0.3) is 5.56 Å². The molecule has 0 radical (unpaired) electrons. The van der Waals surface area contributed by atoms with Gasteiger partial charge in [0.15, 0.2) is 0 Å². The van der Waals surface area contributed by atoms with Crippen molar-refractivity contribution in [3.63, 3.8) is 0 Å². The Balaban J connectivity index is 2.82. The Morgan fingerprint density at radius 2 is 1.69 bits per heavy atom. The number of anilines is 2. The number of aromatic amines is 1. The summed E-state index contributed by atoms with van der Waals surface area (Å²) >= 11 is 0. The number of aromatic nitrogens is 2. The van der Waals surface area contributed by atoms with Gasteiger partial charge in [-0.2, -0.15) is 0 Å². The molecule has 1 aromatic heterocycles. The van der Waals surface area contributed by atoms with Gasteiger partial charge in [-0.15, -0.1) is 0 Å². The normalized spacial score (nSPS) is 10.2. The van der Waals surface area contributed by atoms with Crippen molar-refractivity contribution in [3.05, 3.63) is 51.2 Å². The number of nitrogen functional groups attached to an aromatic ring is 2. The summed E-state index contributed by atoms with van der Waals surface area (Å²) < 4.78 is 1.15. The van der Waals surface area contributed by atoms with Gasteiger partial charge in [-0.25, -0.2) is 9.36 Å². The summed E-state index contributed by atoms with van der Waals surface area (Å²) in [5.74, 6) is -0.0556. The third kappa shape index (κ3) is 1.46. The first-order valence-corrected chi connectivity index (χ1v) is 4.57. The second-order valence-corrected chi connectivity index (χ2v) is 3.23. The Kier molecular flexibility index (Phi) is 2.24. The fourth-order valence-corrected chi connectivity index (χ4v) is 1.40. The van der Waals surface area contributed by atoms with E-state index in [1.165, 1.54) is 0 Å². The van der Waals surface area contributed by atoms with E-state index < -0.39 is 11.2 Å². The van der Waals surface area contributed by atoms with Gasteiger partial charge in [0.2, 0.25) is 0 Å².